The van der Waals surface area contributed by atoms with Crippen LogP contribution in [0, 0.1) is 0 Å². The minimum atomic E-state index is -0.243. The second-order valence-electron chi connectivity index (χ2n) is 3.82. The molecule has 0 saturated carbocycles. The summed E-state index contributed by atoms with van der Waals surface area (Å²) in [6.07, 6.45) is 3.48. The molecule has 0 aliphatic rings. The minimum Gasteiger partial charge on any atom is -0.467 e. The smallest absolute Gasteiger partial charge is 0.324 e. The van der Waals surface area contributed by atoms with Crippen molar-refractivity contribution in [3.63, 3.8) is 0 Å². The number of hydrogen-bond donors (Lipinski definition) is 1. The molecule has 1 atom stereocenters. The minimum absolute atomic E-state index is 0.150. The average molecular weight is 298 g/mol. The van der Waals surface area contributed by atoms with Crippen LogP contribution in [0.4, 0.5) is 9.93 Å². The molecule has 19 heavy (non-hydrogen) atoms. The monoisotopic (exact) mass is 298 g/mol. The zero-order chi connectivity index (χ0) is 13.8. The number of amides is 2. The third kappa shape index (κ3) is 3.27. The van der Waals surface area contributed by atoms with Gasteiger partial charge in [-0.05, 0) is 25.3 Å². The predicted molar refractivity (Wildman–Crippen MR) is 75.6 cm³/mol. The molecule has 0 fully saturated rings. The highest BCUT2D eigenvalue weighted by molar-refractivity contribution is 7.98. The Labute approximate surface area is 119 Å². The topological polar surface area (TPSA) is 71.3 Å². The molecule has 0 bridgehead atoms. The lowest BCUT2D eigenvalue weighted by atomic mass is 10.2. The van der Waals surface area contributed by atoms with Gasteiger partial charge in [0.05, 0.1) is 12.3 Å². The van der Waals surface area contributed by atoms with Crippen LogP contribution in [0.2, 0.25) is 0 Å². The Morgan fingerprint density at radius 1 is 1.63 bits per heavy atom. The molecule has 0 aromatic carbocycles. The highest BCUT2D eigenvalue weighted by atomic mass is 32.2. The predicted octanol–water partition coefficient (Wildman–Crippen LogP) is 3.08. The fourth-order valence-corrected chi connectivity index (χ4v) is 2.53. The molecule has 2 amide bonds. The lowest BCUT2D eigenvalue weighted by Gasteiger charge is -2.22. The fraction of sp³-hybridized carbons (Fsp3) is 0.364. The summed E-state index contributed by atoms with van der Waals surface area (Å²) >= 11 is 2.60. The van der Waals surface area contributed by atoms with Gasteiger partial charge < -0.3 is 9.32 Å². The number of nitrogens with zero attached hydrogens (tertiary/aromatic N) is 3. The first-order valence-corrected chi connectivity index (χ1v) is 7.56. The van der Waals surface area contributed by atoms with Crippen LogP contribution in [0.25, 0.3) is 0 Å². The number of nitrogens with one attached hydrogen (secondary N) is 1. The molecule has 2 rings (SSSR count). The van der Waals surface area contributed by atoms with E-state index < -0.39 is 0 Å². The maximum atomic E-state index is 12.1. The van der Waals surface area contributed by atoms with E-state index in [0.717, 1.165) is 5.76 Å². The summed E-state index contributed by atoms with van der Waals surface area (Å²) in [7, 11) is 1.71. The number of carbonyl (C=O) groups is 1. The van der Waals surface area contributed by atoms with Crippen LogP contribution in [0.1, 0.15) is 18.7 Å². The largest absolute Gasteiger partial charge is 0.467 e. The van der Waals surface area contributed by atoms with Crippen molar-refractivity contribution >= 4 is 34.5 Å². The number of aromatic nitrogens is 2. The number of furan rings is 1. The summed E-state index contributed by atoms with van der Waals surface area (Å²) in [6, 6.07) is 3.24. The van der Waals surface area contributed by atoms with E-state index in [0.29, 0.717) is 10.3 Å². The van der Waals surface area contributed by atoms with Gasteiger partial charge in [-0.2, -0.15) is 9.36 Å². The van der Waals surface area contributed by atoms with Crippen molar-refractivity contribution in [2.75, 3.05) is 18.6 Å². The van der Waals surface area contributed by atoms with Gasteiger partial charge in [0.1, 0.15) is 5.76 Å². The maximum Gasteiger partial charge on any atom is 0.324 e. The Morgan fingerprint density at radius 2 is 2.42 bits per heavy atom. The fourth-order valence-electron chi connectivity index (χ4n) is 1.42. The van der Waals surface area contributed by atoms with Crippen LogP contribution in [-0.2, 0) is 0 Å². The van der Waals surface area contributed by atoms with Crippen LogP contribution in [0.3, 0.4) is 0 Å². The molecule has 2 aromatic rings. The molecule has 0 aliphatic carbocycles. The zero-order valence-corrected chi connectivity index (χ0v) is 12.4. The second-order valence-corrected chi connectivity index (χ2v) is 5.34. The molecule has 6 nitrogen and oxygen atoms in total. The average Bonchev–Trinajstić information content (AvgIpc) is 3.07. The van der Waals surface area contributed by atoms with Gasteiger partial charge >= 0.3 is 6.03 Å². The summed E-state index contributed by atoms with van der Waals surface area (Å²) in [5, 5.41) is 3.86. The Bertz CT molecular complexity index is 541. The molecule has 2 aromatic heterocycles. The first kappa shape index (κ1) is 13.9. The van der Waals surface area contributed by atoms with Gasteiger partial charge in [-0.3, -0.25) is 5.32 Å². The van der Waals surface area contributed by atoms with Crippen molar-refractivity contribution in [3.05, 3.63) is 24.2 Å². The molecule has 0 aliphatic heterocycles. The van der Waals surface area contributed by atoms with Crippen LogP contribution in [0.15, 0.2) is 28.0 Å². The van der Waals surface area contributed by atoms with E-state index in [4.69, 9.17) is 4.42 Å². The van der Waals surface area contributed by atoms with Gasteiger partial charge in [-0.15, -0.1) is 0 Å². The molecule has 1 N–H and O–H groups in total. The van der Waals surface area contributed by atoms with Crippen LogP contribution in [-0.4, -0.2) is 33.6 Å². The van der Waals surface area contributed by atoms with E-state index in [1.54, 1.807) is 24.3 Å². The maximum absolute atomic E-state index is 12.1. The van der Waals surface area contributed by atoms with Crippen molar-refractivity contribution in [1.29, 1.82) is 0 Å². The van der Waals surface area contributed by atoms with Gasteiger partial charge in [-0.1, -0.05) is 11.8 Å². The molecule has 0 saturated heterocycles. The van der Waals surface area contributed by atoms with E-state index in [1.165, 1.54) is 23.3 Å². The first-order chi connectivity index (χ1) is 9.11. The van der Waals surface area contributed by atoms with E-state index in [-0.39, 0.29) is 12.1 Å². The molecule has 8 heteroatoms. The Kier molecular flexibility index (Phi) is 4.43. The number of urea groups is 1. The lowest BCUT2D eigenvalue weighted by molar-refractivity contribution is 0.201. The molecular formula is C11H14N4O2S2. The number of anilines is 1. The highest BCUT2D eigenvalue weighted by Crippen LogP contribution is 2.21. The second kappa shape index (κ2) is 6.07. The summed E-state index contributed by atoms with van der Waals surface area (Å²) < 4.78 is 9.37. The quantitative estimate of drug-likeness (QED) is 0.878. The van der Waals surface area contributed by atoms with Crippen molar-refractivity contribution in [2.24, 2.45) is 0 Å². The normalized spacial score (nSPS) is 12.2. The van der Waals surface area contributed by atoms with Gasteiger partial charge in [0, 0.05) is 18.6 Å². The highest BCUT2D eigenvalue weighted by Gasteiger charge is 2.20. The number of carbonyl (C=O) groups excluding carboxylic acids is 1. The van der Waals surface area contributed by atoms with Gasteiger partial charge in [0.25, 0.3) is 0 Å². The third-order valence-corrected chi connectivity index (χ3v) is 3.95. The molecule has 0 spiro atoms. The van der Waals surface area contributed by atoms with Crippen LogP contribution in [0.5, 0.6) is 0 Å². The third-order valence-electron chi connectivity index (χ3n) is 2.66. The Balaban J connectivity index is 1.99. The molecule has 0 radical (unpaired) electrons. The van der Waals surface area contributed by atoms with Gasteiger partial charge in [0.15, 0.2) is 0 Å². The number of hydrogen-bond acceptors (Lipinski definition) is 6. The van der Waals surface area contributed by atoms with Crippen molar-refractivity contribution in [1.82, 2.24) is 14.3 Å². The summed E-state index contributed by atoms with van der Waals surface area (Å²) in [4.78, 5) is 17.8. The van der Waals surface area contributed by atoms with Crippen molar-refractivity contribution in [2.45, 2.75) is 18.1 Å². The van der Waals surface area contributed by atoms with Gasteiger partial charge in [-0.25, -0.2) is 4.79 Å². The number of thioether (sulfide) groups is 1. The lowest BCUT2D eigenvalue weighted by Crippen LogP contribution is -2.33. The van der Waals surface area contributed by atoms with Crippen LogP contribution >= 0.6 is 23.3 Å². The van der Waals surface area contributed by atoms with Crippen LogP contribution < -0.4 is 5.32 Å². The summed E-state index contributed by atoms with van der Waals surface area (Å²) in [5.41, 5.74) is 0. The van der Waals surface area contributed by atoms with E-state index >= 15 is 0 Å². The van der Waals surface area contributed by atoms with E-state index in [9.17, 15) is 4.79 Å². The summed E-state index contributed by atoms with van der Waals surface area (Å²) in [5.74, 6) is 0.736. The van der Waals surface area contributed by atoms with Crippen molar-refractivity contribution < 1.29 is 9.21 Å². The molecule has 0 unspecified atom stereocenters. The van der Waals surface area contributed by atoms with Gasteiger partial charge in [0.2, 0.25) is 10.3 Å². The Hall–Kier alpha value is -1.54. The standard InChI is InChI=1S/C11H14N4O2S2/c1-7(8-5-4-6-17-8)15(2)11(16)13-9-12-10(18-3)14-19-9/h4-7H,1-3H3,(H,12,13,14,16)/t7-/m0/s1. The van der Waals surface area contributed by atoms with E-state index in [2.05, 4.69) is 14.7 Å². The molecular weight excluding hydrogens is 284 g/mol. The van der Waals surface area contributed by atoms with E-state index in [1.807, 2.05) is 19.2 Å². The SMILES string of the molecule is CSc1nsc(NC(=O)N(C)[C@@H](C)c2ccco2)n1. The Morgan fingerprint density at radius 3 is 3.00 bits per heavy atom. The zero-order valence-electron chi connectivity index (χ0n) is 10.8. The van der Waals surface area contributed by atoms with Crippen molar-refractivity contribution in [3.8, 4) is 0 Å². The summed E-state index contributed by atoms with van der Waals surface area (Å²) in [6.45, 7) is 1.89. The first-order valence-electron chi connectivity index (χ1n) is 5.56. The molecule has 2 heterocycles. The molecule has 102 valence electrons. The number of rotatable bonds is 4.